The molecule has 14 heavy (non-hydrogen) atoms. The second-order valence-corrected chi connectivity index (χ2v) is 3.78. The molecule has 1 heterocycles. The molecule has 1 aromatic rings. The summed E-state index contributed by atoms with van der Waals surface area (Å²) in [4.78, 5) is 11.6. The van der Waals surface area contributed by atoms with E-state index in [2.05, 4.69) is 5.32 Å². The summed E-state index contributed by atoms with van der Waals surface area (Å²) in [5.74, 6) is 1.24. The highest BCUT2D eigenvalue weighted by molar-refractivity contribution is 5.78. The summed E-state index contributed by atoms with van der Waals surface area (Å²) in [6.07, 6.45) is 6.10. The zero-order valence-electron chi connectivity index (χ0n) is 8.16. The first-order valence-electron chi connectivity index (χ1n) is 5.16. The Bertz CT molecular complexity index is 286. The molecule has 1 aliphatic rings. The fourth-order valence-electron chi connectivity index (χ4n) is 1.92. The highest BCUT2D eigenvalue weighted by Crippen LogP contribution is 2.24. The molecule has 0 saturated heterocycles. The molecule has 1 amide bonds. The Kier molecular flexibility index (Phi) is 2.87. The summed E-state index contributed by atoms with van der Waals surface area (Å²) >= 11 is 0. The van der Waals surface area contributed by atoms with Gasteiger partial charge in [-0.25, -0.2) is 0 Å². The average molecular weight is 193 g/mol. The molecule has 3 nitrogen and oxygen atoms in total. The van der Waals surface area contributed by atoms with Crippen LogP contribution < -0.4 is 5.32 Å². The Balaban J connectivity index is 1.77. The van der Waals surface area contributed by atoms with E-state index in [1.807, 2.05) is 12.1 Å². The van der Waals surface area contributed by atoms with Crippen LogP contribution in [0.3, 0.4) is 0 Å². The zero-order valence-corrected chi connectivity index (χ0v) is 8.16. The van der Waals surface area contributed by atoms with Crippen LogP contribution in [-0.4, -0.2) is 5.91 Å². The zero-order chi connectivity index (χ0) is 9.80. The predicted octanol–water partition coefficient (Wildman–Crippen LogP) is 2.09. The summed E-state index contributed by atoms with van der Waals surface area (Å²) in [5.41, 5.74) is 0. The van der Waals surface area contributed by atoms with Gasteiger partial charge >= 0.3 is 0 Å². The van der Waals surface area contributed by atoms with Gasteiger partial charge in [0.1, 0.15) is 5.76 Å². The van der Waals surface area contributed by atoms with Crippen LogP contribution in [0.2, 0.25) is 0 Å². The van der Waals surface area contributed by atoms with Crippen molar-refractivity contribution in [2.75, 3.05) is 0 Å². The van der Waals surface area contributed by atoms with Gasteiger partial charge in [-0.1, -0.05) is 12.8 Å². The van der Waals surface area contributed by atoms with E-state index in [9.17, 15) is 4.79 Å². The van der Waals surface area contributed by atoms with Crippen molar-refractivity contribution >= 4 is 5.91 Å². The number of carbonyl (C=O) groups is 1. The lowest BCUT2D eigenvalue weighted by Gasteiger charge is -2.08. The van der Waals surface area contributed by atoms with Crippen molar-refractivity contribution in [3.05, 3.63) is 24.2 Å². The lowest BCUT2D eigenvalue weighted by molar-refractivity contribution is -0.125. The van der Waals surface area contributed by atoms with Crippen molar-refractivity contribution < 1.29 is 9.21 Å². The quantitative estimate of drug-likeness (QED) is 0.798. The van der Waals surface area contributed by atoms with Crippen molar-refractivity contribution in [1.29, 1.82) is 0 Å². The minimum atomic E-state index is 0.180. The molecule has 0 radical (unpaired) electrons. The van der Waals surface area contributed by atoms with E-state index < -0.39 is 0 Å². The summed E-state index contributed by atoms with van der Waals surface area (Å²) in [6.45, 7) is 0.516. The van der Waals surface area contributed by atoms with Crippen molar-refractivity contribution in [3.8, 4) is 0 Å². The number of carbonyl (C=O) groups excluding carboxylic acids is 1. The maximum Gasteiger partial charge on any atom is 0.223 e. The van der Waals surface area contributed by atoms with Crippen LogP contribution in [-0.2, 0) is 11.3 Å². The van der Waals surface area contributed by atoms with E-state index in [0.717, 1.165) is 18.6 Å². The summed E-state index contributed by atoms with van der Waals surface area (Å²) < 4.78 is 5.13. The van der Waals surface area contributed by atoms with Gasteiger partial charge in [-0.3, -0.25) is 4.79 Å². The molecule has 0 unspecified atom stereocenters. The molecular formula is C11H15NO2. The third kappa shape index (κ3) is 2.16. The molecule has 0 aromatic carbocycles. The summed E-state index contributed by atoms with van der Waals surface area (Å²) in [6, 6.07) is 3.70. The van der Waals surface area contributed by atoms with Crippen LogP contribution in [0.5, 0.6) is 0 Å². The van der Waals surface area contributed by atoms with Crippen LogP contribution in [0.4, 0.5) is 0 Å². The lowest BCUT2D eigenvalue weighted by Crippen LogP contribution is -2.28. The molecule has 1 aromatic heterocycles. The molecule has 0 bridgehead atoms. The standard InChI is InChI=1S/C11H15NO2/c13-11(9-4-1-2-5-9)12-8-10-6-3-7-14-10/h3,6-7,9H,1-2,4-5,8H2,(H,12,13). The number of hydrogen-bond acceptors (Lipinski definition) is 2. The van der Waals surface area contributed by atoms with Crippen molar-refractivity contribution in [2.24, 2.45) is 5.92 Å². The Hall–Kier alpha value is -1.25. The van der Waals surface area contributed by atoms with Gasteiger partial charge in [0, 0.05) is 5.92 Å². The molecule has 76 valence electrons. The van der Waals surface area contributed by atoms with E-state index in [0.29, 0.717) is 6.54 Å². The highest BCUT2D eigenvalue weighted by atomic mass is 16.3. The molecule has 0 spiro atoms. The molecule has 1 saturated carbocycles. The third-order valence-corrected chi connectivity index (χ3v) is 2.74. The van der Waals surface area contributed by atoms with Crippen molar-refractivity contribution in [3.63, 3.8) is 0 Å². The second kappa shape index (κ2) is 4.31. The Morgan fingerprint density at radius 1 is 1.50 bits per heavy atom. The number of nitrogens with one attached hydrogen (secondary N) is 1. The van der Waals surface area contributed by atoms with Gasteiger partial charge in [0.15, 0.2) is 0 Å². The number of furan rings is 1. The van der Waals surface area contributed by atoms with Gasteiger partial charge in [-0.05, 0) is 25.0 Å². The summed E-state index contributed by atoms with van der Waals surface area (Å²) in [5, 5.41) is 2.89. The van der Waals surface area contributed by atoms with Gasteiger partial charge < -0.3 is 9.73 Å². The molecule has 0 aliphatic heterocycles. The molecule has 1 N–H and O–H groups in total. The van der Waals surface area contributed by atoms with Crippen molar-refractivity contribution in [1.82, 2.24) is 5.32 Å². The molecule has 1 aliphatic carbocycles. The average Bonchev–Trinajstić information content (AvgIpc) is 2.87. The predicted molar refractivity (Wildman–Crippen MR) is 52.5 cm³/mol. The van der Waals surface area contributed by atoms with Crippen molar-refractivity contribution in [2.45, 2.75) is 32.2 Å². The normalized spacial score (nSPS) is 17.1. The topological polar surface area (TPSA) is 42.2 Å². The fourth-order valence-corrected chi connectivity index (χ4v) is 1.92. The minimum absolute atomic E-state index is 0.180. The van der Waals surface area contributed by atoms with Gasteiger partial charge in [-0.2, -0.15) is 0 Å². The van der Waals surface area contributed by atoms with E-state index in [4.69, 9.17) is 4.42 Å². The first-order valence-corrected chi connectivity index (χ1v) is 5.16. The van der Waals surface area contributed by atoms with Gasteiger partial charge in [0.2, 0.25) is 5.91 Å². The Morgan fingerprint density at radius 3 is 2.93 bits per heavy atom. The maximum absolute atomic E-state index is 11.6. The fraction of sp³-hybridized carbons (Fsp3) is 0.545. The Morgan fingerprint density at radius 2 is 2.29 bits per heavy atom. The van der Waals surface area contributed by atoms with Crippen LogP contribution in [0.1, 0.15) is 31.4 Å². The Labute approximate surface area is 83.5 Å². The summed E-state index contributed by atoms with van der Waals surface area (Å²) in [7, 11) is 0. The molecule has 3 heteroatoms. The monoisotopic (exact) mass is 193 g/mol. The lowest BCUT2D eigenvalue weighted by atomic mass is 10.1. The number of hydrogen-bond donors (Lipinski definition) is 1. The molecule has 0 atom stereocenters. The van der Waals surface area contributed by atoms with E-state index >= 15 is 0 Å². The maximum atomic E-state index is 11.6. The van der Waals surface area contributed by atoms with Crippen LogP contribution in [0.15, 0.2) is 22.8 Å². The second-order valence-electron chi connectivity index (χ2n) is 3.78. The largest absolute Gasteiger partial charge is 0.467 e. The van der Waals surface area contributed by atoms with Crippen LogP contribution in [0, 0.1) is 5.92 Å². The molecule has 1 fully saturated rings. The minimum Gasteiger partial charge on any atom is -0.467 e. The van der Waals surface area contributed by atoms with Gasteiger partial charge in [-0.15, -0.1) is 0 Å². The third-order valence-electron chi connectivity index (χ3n) is 2.74. The first kappa shape index (κ1) is 9.31. The van der Waals surface area contributed by atoms with Crippen LogP contribution in [0.25, 0.3) is 0 Å². The number of rotatable bonds is 3. The van der Waals surface area contributed by atoms with Gasteiger partial charge in [0.05, 0.1) is 12.8 Å². The molecular weight excluding hydrogens is 178 g/mol. The SMILES string of the molecule is O=C(NCc1ccco1)C1CCCC1. The first-order chi connectivity index (χ1) is 6.86. The smallest absolute Gasteiger partial charge is 0.223 e. The van der Waals surface area contributed by atoms with Crippen LogP contribution >= 0.6 is 0 Å². The van der Waals surface area contributed by atoms with E-state index in [1.165, 1.54) is 12.8 Å². The molecule has 2 rings (SSSR count). The highest BCUT2D eigenvalue weighted by Gasteiger charge is 2.22. The number of amides is 1. The van der Waals surface area contributed by atoms with E-state index in [-0.39, 0.29) is 11.8 Å². The van der Waals surface area contributed by atoms with E-state index in [1.54, 1.807) is 6.26 Å². The van der Waals surface area contributed by atoms with Gasteiger partial charge in [0.25, 0.3) is 0 Å².